The van der Waals surface area contributed by atoms with Crippen molar-refractivity contribution < 1.29 is 19.1 Å². The van der Waals surface area contributed by atoms with Crippen LogP contribution in [-0.2, 0) is 9.53 Å². The van der Waals surface area contributed by atoms with E-state index in [-0.39, 0.29) is 17.0 Å². The number of nitrogen functional groups attached to an aromatic ring is 1. The average molecular weight is 263 g/mol. The third-order valence-corrected chi connectivity index (χ3v) is 2.06. The monoisotopic (exact) mass is 263 g/mol. The smallest absolute Gasteiger partial charge is 0.340 e. The Balaban J connectivity index is 3.03. The van der Waals surface area contributed by atoms with Gasteiger partial charge in [0.2, 0.25) is 0 Å². The first-order valence-corrected chi connectivity index (χ1v) is 5.70. The van der Waals surface area contributed by atoms with Crippen molar-refractivity contribution in [2.45, 2.75) is 26.4 Å². The maximum atomic E-state index is 11.9. The minimum Gasteiger partial charge on any atom is -0.456 e. The predicted octanol–water partition coefficient (Wildman–Crippen LogP) is 2.32. The van der Waals surface area contributed by atoms with Crippen molar-refractivity contribution in [3.8, 4) is 5.75 Å². The normalized spacial score (nSPS) is 10.7. The fourth-order valence-corrected chi connectivity index (χ4v) is 1.29. The van der Waals surface area contributed by atoms with Crippen molar-refractivity contribution in [1.82, 2.24) is 0 Å². The number of benzene rings is 1. The molecule has 0 saturated heterocycles. The molecular weight excluding hydrogens is 246 g/mol. The van der Waals surface area contributed by atoms with Gasteiger partial charge in [0.25, 0.3) is 0 Å². The fraction of sp³-hybridized carbons (Fsp3) is 0.286. The number of hydrogen-bond acceptors (Lipinski definition) is 5. The molecule has 19 heavy (non-hydrogen) atoms. The molecule has 0 radical (unpaired) electrons. The van der Waals surface area contributed by atoms with E-state index in [0.29, 0.717) is 0 Å². The highest BCUT2D eigenvalue weighted by molar-refractivity contribution is 5.97. The van der Waals surface area contributed by atoms with Crippen LogP contribution in [0.25, 0.3) is 0 Å². The van der Waals surface area contributed by atoms with E-state index in [1.54, 1.807) is 26.8 Å². The molecule has 0 unspecified atom stereocenters. The molecule has 0 atom stereocenters. The molecule has 0 aliphatic carbocycles. The van der Waals surface area contributed by atoms with Gasteiger partial charge < -0.3 is 15.2 Å². The summed E-state index contributed by atoms with van der Waals surface area (Å²) in [6.07, 6.45) is 1.01. The van der Waals surface area contributed by atoms with Gasteiger partial charge in [0, 0.05) is 6.08 Å². The maximum Gasteiger partial charge on any atom is 0.340 e. The van der Waals surface area contributed by atoms with Gasteiger partial charge in [0.05, 0.1) is 11.3 Å². The van der Waals surface area contributed by atoms with Crippen LogP contribution < -0.4 is 10.5 Å². The van der Waals surface area contributed by atoms with Crippen molar-refractivity contribution in [2.75, 3.05) is 5.73 Å². The predicted molar refractivity (Wildman–Crippen MR) is 71.9 cm³/mol. The second-order valence-corrected chi connectivity index (χ2v) is 4.84. The van der Waals surface area contributed by atoms with Crippen LogP contribution in [0.1, 0.15) is 31.1 Å². The molecule has 0 aliphatic heterocycles. The molecule has 0 fully saturated rings. The summed E-state index contributed by atoms with van der Waals surface area (Å²) in [4.78, 5) is 23.1. The molecule has 2 N–H and O–H groups in total. The molecule has 0 heterocycles. The van der Waals surface area contributed by atoms with Crippen molar-refractivity contribution >= 4 is 17.6 Å². The van der Waals surface area contributed by atoms with Crippen LogP contribution >= 0.6 is 0 Å². The summed E-state index contributed by atoms with van der Waals surface area (Å²) in [7, 11) is 0. The van der Waals surface area contributed by atoms with Crippen LogP contribution in [0.15, 0.2) is 30.9 Å². The standard InChI is InChI=1S/C14H17NO4/c1-5-11(16)18-10-8-6-7-9(12(10)15)13(17)19-14(2,3)4/h5-8H,1,15H2,2-4H3. The molecule has 1 rings (SSSR count). The Labute approximate surface area is 112 Å². The lowest BCUT2D eigenvalue weighted by Gasteiger charge is -2.20. The van der Waals surface area contributed by atoms with Crippen LogP contribution in [0.2, 0.25) is 0 Å². The SMILES string of the molecule is C=CC(=O)Oc1cccc(C(=O)OC(C)(C)C)c1N. The highest BCUT2D eigenvalue weighted by Crippen LogP contribution is 2.27. The zero-order valence-electron chi connectivity index (χ0n) is 11.2. The summed E-state index contributed by atoms with van der Waals surface area (Å²) in [5.74, 6) is -1.11. The van der Waals surface area contributed by atoms with E-state index < -0.39 is 17.5 Å². The topological polar surface area (TPSA) is 78.6 Å². The summed E-state index contributed by atoms with van der Waals surface area (Å²) in [5, 5.41) is 0. The Kier molecular flexibility index (Phi) is 4.32. The fourth-order valence-electron chi connectivity index (χ4n) is 1.29. The number of para-hydroxylation sites is 1. The number of anilines is 1. The lowest BCUT2D eigenvalue weighted by atomic mass is 10.1. The third-order valence-electron chi connectivity index (χ3n) is 2.06. The molecule has 1 aromatic rings. The van der Waals surface area contributed by atoms with E-state index in [2.05, 4.69) is 6.58 Å². The van der Waals surface area contributed by atoms with E-state index in [1.165, 1.54) is 12.1 Å². The number of carbonyl (C=O) groups excluding carboxylic acids is 2. The molecule has 102 valence electrons. The van der Waals surface area contributed by atoms with E-state index in [4.69, 9.17) is 15.2 Å². The van der Waals surface area contributed by atoms with Crippen LogP contribution in [0.4, 0.5) is 5.69 Å². The highest BCUT2D eigenvalue weighted by atomic mass is 16.6. The molecule has 0 amide bonds. The molecule has 0 bridgehead atoms. The second-order valence-electron chi connectivity index (χ2n) is 4.84. The number of nitrogens with two attached hydrogens (primary N) is 1. The van der Waals surface area contributed by atoms with Crippen molar-refractivity contribution in [1.29, 1.82) is 0 Å². The van der Waals surface area contributed by atoms with Crippen molar-refractivity contribution in [2.24, 2.45) is 0 Å². The van der Waals surface area contributed by atoms with E-state index in [0.717, 1.165) is 6.08 Å². The van der Waals surface area contributed by atoms with Gasteiger partial charge in [-0.2, -0.15) is 0 Å². The first kappa shape index (κ1) is 14.8. The van der Waals surface area contributed by atoms with Gasteiger partial charge in [-0.25, -0.2) is 9.59 Å². The van der Waals surface area contributed by atoms with Gasteiger partial charge in [-0.3, -0.25) is 0 Å². The number of hydrogen-bond donors (Lipinski definition) is 1. The average Bonchev–Trinajstić information content (AvgIpc) is 2.29. The lowest BCUT2D eigenvalue weighted by Crippen LogP contribution is -2.24. The Morgan fingerprint density at radius 1 is 1.32 bits per heavy atom. The highest BCUT2D eigenvalue weighted by Gasteiger charge is 2.21. The first-order valence-electron chi connectivity index (χ1n) is 5.70. The zero-order valence-corrected chi connectivity index (χ0v) is 11.2. The third kappa shape index (κ3) is 4.13. The summed E-state index contributed by atoms with van der Waals surface area (Å²) in [6.45, 7) is 8.54. The summed E-state index contributed by atoms with van der Waals surface area (Å²) < 4.78 is 10.1. The summed E-state index contributed by atoms with van der Waals surface area (Å²) in [5.41, 5.74) is 5.38. The van der Waals surface area contributed by atoms with Gasteiger partial charge >= 0.3 is 11.9 Å². The number of carbonyl (C=O) groups is 2. The molecule has 0 saturated carbocycles. The van der Waals surface area contributed by atoms with Crippen molar-refractivity contribution in [3.05, 3.63) is 36.4 Å². The van der Waals surface area contributed by atoms with E-state index in [1.807, 2.05) is 0 Å². The molecule has 0 aliphatic rings. The Bertz CT molecular complexity index is 515. The molecule has 1 aromatic carbocycles. The van der Waals surface area contributed by atoms with Crippen molar-refractivity contribution in [3.63, 3.8) is 0 Å². The Morgan fingerprint density at radius 3 is 2.47 bits per heavy atom. The van der Waals surface area contributed by atoms with Gasteiger partial charge in [-0.05, 0) is 32.9 Å². The maximum absolute atomic E-state index is 11.9. The molecular formula is C14H17NO4. The Morgan fingerprint density at radius 2 is 1.95 bits per heavy atom. The first-order chi connectivity index (χ1) is 8.74. The second kappa shape index (κ2) is 5.56. The molecule has 0 spiro atoms. The van der Waals surface area contributed by atoms with Crippen LogP contribution in [0.5, 0.6) is 5.75 Å². The zero-order chi connectivity index (χ0) is 14.6. The number of esters is 2. The van der Waals surface area contributed by atoms with Crippen LogP contribution in [-0.4, -0.2) is 17.5 Å². The van der Waals surface area contributed by atoms with Crippen LogP contribution in [0.3, 0.4) is 0 Å². The van der Waals surface area contributed by atoms with Gasteiger partial charge in [-0.1, -0.05) is 12.6 Å². The molecule has 5 heteroatoms. The van der Waals surface area contributed by atoms with Gasteiger partial charge in [-0.15, -0.1) is 0 Å². The van der Waals surface area contributed by atoms with E-state index >= 15 is 0 Å². The van der Waals surface area contributed by atoms with Gasteiger partial charge in [0.15, 0.2) is 5.75 Å². The quantitative estimate of drug-likeness (QED) is 0.392. The number of ether oxygens (including phenoxy) is 2. The van der Waals surface area contributed by atoms with Gasteiger partial charge in [0.1, 0.15) is 5.60 Å². The summed E-state index contributed by atoms with van der Waals surface area (Å²) >= 11 is 0. The number of rotatable bonds is 3. The van der Waals surface area contributed by atoms with Crippen LogP contribution in [0, 0.1) is 0 Å². The minimum absolute atomic E-state index is 0.0620. The largest absolute Gasteiger partial charge is 0.456 e. The van der Waals surface area contributed by atoms with E-state index in [9.17, 15) is 9.59 Å². The molecule has 5 nitrogen and oxygen atoms in total. The Hall–Kier alpha value is -2.30. The minimum atomic E-state index is -0.645. The lowest BCUT2D eigenvalue weighted by molar-refractivity contribution is -0.128. The summed E-state index contributed by atoms with van der Waals surface area (Å²) in [6, 6.07) is 4.56. The molecule has 0 aromatic heterocycles.